The Hall–Kier alpha value is -0.0400. The summed E-state index contributed by atoms with van der Waals surface area (Å²) in [5.74, 6) is 3.14. The first-order valence-electron chi connectivity index (χ1n) is 8.07. The molecule has 2 saturated carbocycles. The van der Waals surface area contributed by atoms with Crippen LogP contribution in [0, 0.1) is 23.2 Å². The van der Waals surface area contributed by atoms with Crippen LogP contribution >= 0.6 is 0 Å². The van der Waals surface area contributed by atoms with E-state index in [0.29, 0.717) is 0 Å². The Morgan fingerprint density at radius 2 is 1.88 bits per heavy atom. The molecule has 0 aromatic rings. The molecule has 3 fully saturated rings. The molecule has 3 atom stereocenters. The first kappa shape index (κ1) is 12.0. The van der Waals surface area contributed by atoms with Crippen molar-refractivity contribution in [2.45, 2.75) is 64.7 Å². The lowest BCUT2D eigenvalue weighted by Gasteiger charge is -2.49. The zero-order valence-electron chi connectivity index (χ0n) is 11.5. The van der Waals surface area contributed by atoms with Gasteiger partial charge < -0.3 is 5.32 Å². The summed E-state index contributed by atoms with van der Waals surface area (Å²) in [5, 5.41) is 3.71. The Kier molecular flexibility index (Phi) is 3.47. The molecule has 0 bridgehead atoms. The van der Waals surface area contributed by atoms with Crippen LogP contribution in [0.3, 0.4) is 0 Å². The summed E-state index contributed by atoms with van der Waals surface area (Å²) < 4.78 is 0. The molecule has 2 aliphatic carbocycles. The van der Waals surface area contributed by atoms with E-state index >= 15 is 0 Å². The lowest BCUT2D eigenvalue weighted by Crippen LogP contribution is -2.49. The molecule has 17 heavy (non-hydrogen) atoms. The van der Waals surface area contributed by atoms with Gasteiger partial charge in [0, 0.05) is 0 Å². The summed E-state index contributed by atoms with van der Waals surface area (Å²) in [6.07, 6.45) is 13.6. The van der Waals surface area contributed by atoms with Crippen molar-refractivity contribution in [3.63, 3.8) is 0 Å². The van der Waals surface area contributed by atoms with Crippen LogP contribution in [0.25, 0.3) is 0 Å². The van der Waals surface area contributed by atoms with Gasteiger partial charge in [-0.1, -0.05) is 45.4 Å². The van der Waals surface area contributed by atoms with Gasteiger partial charge in [-0.25, -0.2) is 0 Å². The van der Waals surface area contributed by atoms with Gasteiger partial charge in [-0.2, -0.15) is 0 Å². The van der Waals surface area contributed by atoms with Gasteiger partial charge >= 0.3 is 0 Å². The van der Waals surface area contributed by atoms with Crippen LogP contribution in [0.2, 0.25) is 0 Å². The largest absolute Gasteiger partial charge is 0.316 e. The maximum Gasteiger partial charge on any atom is -0.00124 e. The van der Waals surface area contributed by atoms with Gasteiger partial charge in [-0.15, -0.1) is 0 Å². The van der Waals surface area contributed by atoms with Crippen molar-refractivity contribution in [2.75, 3.05) is 13.1 Å². The fraction of sp³-hybridized carbons (Fsp3) is 1.00. The second-order valence-corrected chi connectivity index (χ2v) is 6.84. The molecule has 1 heteroatoms. The summed E-state index contributed by atoms with van der Waals surface area (Å²) in [6, 6.07) is 0. The Bertz CT molecular complexity index is 256. The van der Waals surface area contributed by atoms with Gasteiger partial charge in [0.25, 0.3) is 0 Å². The Morgan fingerprint density at radius 1 is 1.06 bits per heavy atom. The molecule has 1 heterocycles. The zero-order valence-corrected chi connectivity index (χ0v) is 11.5. The smallest absolute Gasteiger partial charge is 0.00124 e. The van der Waals surface area contributed by atoms with Gasteiger partial charge in [0.1, 0.15) is 0 Å². The van der Waals surface area contributed by atoms with Crippen LogP contribution in [-0.2, 0) is 0 Å². The van der Waals surface area contributed by atoms with E-state index in [-0.39, 0.29) is 0 Å². The number of hydrogen-bond acceptors (Lipinski definition) is 1. The molecular formula is C16H29N. The van der Waals surface area contributed by atoms with Crippen molar-refractivity contribution < 1.29 is 0 Å². The van der Waals surface area contributed by atoms with Crippen LogP contribution in [0.4, 0.5) is 0 Å². The van der Waals surface area contributed by atoms with E-state index < -0.39 is 0 Å². The second kappa shape index (κ2) is 4.91. The molecule has 0 amide bonds. The summed E-state index contributed by atoms with van der Waals surface area (Å²) >= 11 is 0. The fourth-order valence-corrected chi connectivity index (χ4v) is 5.56. The van der Waals surface area contributed by atoms with E-state index in [2.05, 4.69) is 12.2 Å². The van der Waals surface area contributed by atoms with E-state index in [1.165, 1.54) is 64.5 Å². The average molecular weight is 235 g/mol. The Balaban J connectivity index is 1.82. The van der Waals surface area contributed by atoms with Crippen LogP contribution in [-0.4, -0.2) is 13.1 Å². The summed E-state index contributed by atoms with van der Waals surface area (Å²) in [5.41, 5.74) is 0.759. The molecule has 3 rings (SSSR count). The Morgan fingerprint density at radius 3 is 2.65 bits per heavy atom. The van der Waals surface area contributed by atoms with Crippen molar-refractivity contribution in [3.8, 4) is 0 Å². The molecule has 0 aromatic heterocycles. The molecule has 1 saturated heterocycles. The lowest BCUT2D eigenvalue weighted by molar-refractivity contribution is 0.0203. The normalized spacial score (nSPS) is 43.6. The van der Waals surface area contributed by atoms with Crippen molar-refractivity contribution in [1.82, 2.24) is 5.32 Å². The van der Waals surface area contributed by atoms with E-state index in [0.717, 1.165) is 23.2 Å². The van der Waals surface area contributed by atoms with Gasteiger partial charge in [0.2, 0.25) is 0 Å². The quantitative estimate of drug-likeness (QED) is 0.763. The number of piperidine rings is 1. The van der Waals surface area contributed by atoms with Gasteiger partial charge in [-0.05, 0) is 55.5 Å². The monoisotopic (exact) mass is 235 g/mol. The first-order valence-corrected chi connectivity index (χ1v) is 8.07. The molecule has 0 aromatic carbocycles. The summed E-state index contributed by atoms with van der Waals surface area (Å²) in [4.78, 5) is 0. The van der Waals surface area contributed by atoms with Crippen LogP contribution in [0.5, 0.6) is 0 Å². The SMILES string of the molecule is CCC1CCCC12CCNCC2C1CCCC1. The molecule has 3 aliphatic rings. The summed E-state index contributed by atoms with van der Waals surface area (Å²) in [7, 11) is 0. The number of nitrogens with one attached hydrogen (secondary N) is 1. The molecule has 1 spiro atoms. The van der Waals surface area contributed by atoms with Crippen LogP contribution < -0.4 is 5.32 Å². The molecule has 98 valence electrons. The van der Waals surface area contributed by atoms with Gasteiger partial charge in [0.15, 0.2) is 0 Å². The first-order chi connectivity index (χ1) is 8.37. The molecule has 1 N–H and O–H groups in total. The predicted molar refractivity (Wildman–Crippen MR) is 73.0 cm³/mol. The van der Waals surface area contributed by atoms with Gasteiger partial charge in [0.05, 0.1) is 0 Å². The minimum Gasteiger partial charge on any atom is -0.316 e. The average Bonchev–Trinajstić information content (AvgIpc) is 3.00. The van der Waals surface area contributed by atoms with E-state index in [1.807, 2.05) is 0 Å². The number of hydrogen-bond donors (Lipinski definition) is 1. The van der Waals surface area contributed by atoms with Crippen molar-refractivity contribution >= 4 is 0 Å². The van der Waals surface area contributed by atoms with Gasteiger partial charge in [-0.3, -0.25) is 0 Å². The van der Waals surface area contributed by atoms with Crippen molar-refractivity contribution in [2.24, 2.45) is 23.2 Å². The number of rotatable bonds is 2. The van der Waals surface area contributed by atoms with Crippen molar-refractivity contribution in [3.05, 3.63) is 0 Å². The predicted octanol–water partition coefficient (Wildman–Crippen LogP) is 3.98. The zero-order chi connectivity index (χ0) is 11.7. The van der Waals surface area contributed by atoms with Crippen molar-refractivity contribution in [1.29, 1.82) is 0 Å². The topological polar surface area (TPSA) is 12.0 Å². The third kappa shape index (κ3) is 1.95. The molecule has 0 radical (unpaired) electrons. The fourth-order valence-electron chi connectivity index (χ4n) is 5.56. The second-order valence-electron chi connectivity index (χ2n) is 6.84. The molecule has 3 unspecified atom stereocenters. The highest BCUT2D eigenvalue weighted by Gasteiger charge is 2.50. The summed E-state index contributed by atoms with van der Waals surface area (Å²) in [6.45, 7) is 5.06. The Labute approximate surface area is 107 Å². The van der Waals surface area contributed by atoms with E-state index in [9.17, 15) is 0 Å². The highest BCUT2D eigenvalue weighted by Crippen LogP contribution is 2.57. The third-order valence-corrected chi connectivity index (χ3v) is 6.34. The molecular weight excluding hydrogens is 206 g/mol. The third-order valence-electron chi connectivity index (χ3n) is 6.34. The standard InChI is InChI=1S/C16H29N/c1-2-14-8-5-9-16(14)10-11-17-12-15(16)13-6-3-4-7-13/h13-15,17H,2-12H2,1H3. The maximum absolute atomic E-state index is 3.71. The van der Waals surface area contributed by atoms with Crippen LogP contribution in [0.15, 0.2) is 0 Å². The van der Waals surface area contributed by atoms with Crippen LogP contribution in [0.1, 0.15) is 64.7 Å². The van der Waals surface area contributed by atoms with E-state index in [4.69, 9.17) is 0 Å². The highest BCUT2D eigenvalue weighted by molar-refractivity contribution is 5.02. The lowest BCUT2D eigenvalue weighted by atomic mass is 9.59. The molecule has 1 aliphatic heterocycles. The van der Waals surface area contributed by atoms with E-state index in [1.54, 1.807) is 6.42 Å². The minimum absolute atomic E-state index is 0.759. The highest BCUT2D eigenvalue weighted by atomic mass is 14.9. The molecule has 1 nitrogen and oxygen atoms in total. The minimum atomic E-state index is 0.759. The maximum atomic E-state index is 3.71.